The fourth-order valence-electron chi connectivity index (χ4n) is 3.11. The van der Waals surface area contributed by atoms with Crippen LogP contribution in [0.4, 0.5) is 10.5 Å². The normalized spacial score (nSPS) is 17.2. The number of sulfonamides is 1. The molecule has 1 fully saturated rings. The Bertz CT molecular complexity index is 880. The van der Waals surface area contributed by atoms with E-state index in [1.54, 1.807) is 12.0 Å². The molecule has 1 saturated heterocycles. The van der Waals surface area contributed by atoms with Gasteiger partial charge in [0.15, 0.2) is 0 Å². The van der Waals surface area contributed by atoms with E-state index in [0.717, 1.165) is 24.2 Å². The first-order valence-electron chi connectivity index (χ1n) is 8.23. The Balaban J connectivity index is 1.71. The van der Waals surface area contributed by atoms with Crippen LogP contribution in [0.25, 0.3) is 0 Å². The van der Waals surface area contributed by atoms with Gasteiger partial charge < -0.3 is 15.0 Å². The summed E-state index contributed by atoms with van der Waals surface area (Å²) < 4.78 is 27.8. The zero-order chi connectivity index (χ0) is 18.7. The van der Waals surface area contributed by atoms with Crippen LogP contribution >= 0.6 is 0 Å². The van der Waals surface area contributed by atoms with Crippen molar-refractivity contribution in [3.8, 4) is 5.75 Å². The Labute approximate surface area is 152 Å². The van der Waals surface area contributed by atoms with E-state index in [1.807, 2.05) is 24.3 Å². The van der Waals surface area contributed by atoms with Gasteiger partial charge in [-0.2, -0.15) is 0 Å². The summed E-state index contributed by atoms with van der Waals surface area (Å²) in [7, 11) is -2.13. The van der Waals surface area contributed by atoms with Gasteiger partial charge in [-0.25, -0.2) is 18.4 Å². The highest BCUT2D eigenvalue weighted by molar-refractivity contribution is 7.89. The number of likely N-dealkylation sites (tertiary alicyclic amines) is 1. The van der Waals surface area contributed by atoms with Crippen molar-refractivity contribution in [2.24, 2.45) is 5.14 Å². The molecule has 3 rings (SSSR count). The van der Waals surface area contributed by atoms with Crippen LogP contribution in [0.1, 0.15) is 24.4 Å². The molecule has 8 heteroatoms. The first-order valence-corrected chi connectivity index (χ1v) is 9.77. The number of carbonyl (C=O) groups excluding carboxylic acids is 1. The van der Waals surface area contributed by atoms with E-state index in [-0.39, 0.29) is 17.0 Å². The Morgan fingerprint density at radius 3 is 2.38 bits per heavy atom. The molecule has 0 radical (unpaired) electrons. The third kappa shape index (κ3) is 3.97. The minimum Gasteiger partial charge on any atom is -0.497 e. The van der Waals surface area contributed by atoms with Crippen molar-refractivity contribution in [3.63, 3.8) is 0 Å². The quantitative estimate of drug-likeness (QED) is 0.858. The molecule has 0 unspecified atom stereocenters. The van der Waals surface area contributed by atoms with Crippen molar-refractivity contribution in [1.82, 2.24) is 4.90 Å². The second-order valence-corrected chi connectivity index (χ2v) is 7.69. The zero-order valence-corrected chi connectivity index (χ0v) is 15.2. The van der Waals surface area contributed by atoms with E-state index in [9.17, 15) is 13.2 Å². The summed E-state index contributed by atoms with van der Waals surface area (Å²) >= 11 is 0. The molecule has 26 heavy (non-hydrogen) atoms. The molecule has 2 aromatic carbocycles. The molecule has 1 aliphatic heterocycles. The number of nitrogens with zero attached hydrogens (tertiary/aromatic N) is 1. The molecule has 138 valence electrons. The van der Waals surface area contributed by atoms with Gasteiger partial charge in [0, 0.05) is 12.2 Å². The van der Waals surface area contributed by atoms with Crippen LogP contribution in [0.3, 0.4) is 0 Å². The summed E-state index contributed by atoms with van der Waals surface area (Å²) in [5.41, 5.74) is 1.57. The number of urea groups is 1. The van der Waals surface area contributed by atoms with Crippen molar-refractivity contribution in [1.29, 1.82) is 0 Å². The molecular formula is C18H21N3O4S. The van der Waals surface area contributed by atoms with Gasteiger partial charge in [-0.3, -0.25) is 0 Å². The molecule has 3 N–H and O–H groups in total. The maximum atomic E-state index is 12.7. The minimum atomic E-state index is -3.75. The number of benzene rings is 2. The third-order valence-electron chi connectivity index (χ3n) is 4.45. The molecule has 0 spiro atoms. The van der Waals surface area contributed by atoms with Gasteiger partial charge in [-0.15, -0.1) is 0 Å². The summed E-state index contributed by atoms with van der Waals surface area (Å²) in [5, 5.41) is 7.89. The van der Waals surface area contributed by atoms with Gasteiger partial charge in [0.1, 0.15) is 5.75 Å². The third-order valence-corrected chi connectivity index (χ3v) is 5.38. The number of nitrogens with one attached hydrogen (secondary N) is 1. The molecule has 2 amide bonds. The number of hydrogen-bond acceptors (Lipinski definition) is 4. The number of amides is 2. The van der Waals surface area contributed by atoms with Crippen molar-refractivity contribution in [2.45, 2.75) is 23.8 Å². The monoisotopic (exact) mass is 375 g/mol. The Kier molecular flexibility index (Phi) is 5.15. The summed E-state index contributed by atoms with van der Waals surface area (Å²) in [5.74, 6) is 0.776. The highest BCUT2D eigenvalue weighted by Gasteiger charge is 2.30. The lowest BCUT2D eigenvalue weighted by Crippen LogP contribution is -2.34. The molecule has 7 nitrogen and oxygen atoms in total. The number of nitrogens with two attached hydrogens (primary N) is 1. The number of methoxy groups -OCH3 is 1. The molecule has 0 aliphatic carbocycles. The highest BCUT2D eigenvalue weighted by atomic mass is 32.2. The number of rotatable bonds is 4. The van der Waals surface area contributed by atoms with E-state index < -0.39 is 10.0 Å². The molecule has 1 atom stereocenters. The van der Waals surface area contributed by atoms with Gasteiger partial charge >= 0.3 is 6.03 Å². The summed E-state index contributed by atoms with van der Waals surface area (Å²) in [6.07, 6.45) is 1.82. The maximum Gasteiger partial charge on any atom is 0.322 e. The number of anilines is 1. The van der Waals surface area contributed by atoms with Crippen molar-refractivity contribution in [3.05, 3.63) is 54.1 Å². The molecular weight excluding hydrogens is 354 g/mol. The summed E-state index contributed by atoms with van der Waals surface area (Å²) in [4.78, 5) is 14.4. The SMILES string of the molecule is COc1ccc([C@@H]2CCCN2C(=O)Nc2ccc(S(N)(=O)=O)cc2)cc1. The summed E-state index contributed by atoms with van der Waals surface area (Å²) in [6.45, 7) is 0.664. The minimum absolute atomic E-state index is 0.00426. The van der Waals surface area contributed by atoms with Crippen molar-refractivity contribution in [2.75, 3.05) is 19.0 Å². The first kappa shape index (κ1) is 18.2. The molecule has 1 aliphatic rings. The lowest BCUT2D eigenvalue weighted by Gasteiger charge is -2.25. The van der Waals surface area contributed by atoms with Crippen molar-refractivity contribution >= 4 is 21.7 Å². The second kappa shape index (κ2) is 7.35. The molecule has 0 aromatic heterocycles. The Hall–Kier alpha value is -2.58. The topological polar surface area (TPSA) is 102 Å². The van der Waals surface area contributed by atoms with Crippen LogP contribution < -0.4 is 15.2 Å². The predicted octanol–water partition coefficient (Wildman–Crippen LogP) is 2.71. The number of ether oxygens (including phenoxy) is 1. The average molecular weight is 375 g/mol. The van der Waals surface area contributed by atoms with Crippen LogP contribution in [0.15, 0.2) is 53.4 Å². The highest BCUT2D eigenvalue weighted by Crippen LogP contribution is 2.33. The largest absolute Gasteiger partial charge is 0.497 e. The number of hydrogen-bond donors (Lipinski definition) is 2. The van der Waals surface area contributed by atoms with Crippen LogP contribution in [0.2, 0.25) is 0 Å². The van der Waals surface area contributed by atoms with E-state index >= 15 is 0 Å². The lowest BCUT2D eigenvalue weighted by atomic mass is 10.0. The first-order chi connectivity index (χ1) is 12.4. The lowest BCUT2D eigenvalue weighted by molar-refractivity contribution is 0.207. The number of carbonyl (C=O) groups is 1. The van der Waals surface area contributed by atoms with Gasteiger partial charge in [-0.05, 0) is 54.8 Å². The van der Waals surface area contributed by atoms with Crippen LogP contribution in [-0.4, -0.2) is 33.0 Å². The number of primary sulfonamides is 1. The molecule has 2 aromatic rings. The van der Waals surface area contributed by atoms with Crippen LogP contribution in [0.5, 0.6) is 5.75 Å². The van der Waals surface area contributed by atoms with Gasteiger partial charge in [-0.1, -0.05) is 12.1 Å². The Morgan fingerprint density at radius 1 is 1.15 bits per heavy atom. The van der Waals surface area contributed by atoms with Gasteiger partial charge in [0.2, 0.25) is 10.0 Å². The van der Waals surface area contributed by atoms with Crippen LogP contribution in [-0.2, 0) is 10.0 Å². The second-order valence-electron chi connectivity index (χ2n) is 6.12. The maximum absolute atomic E-state index is 12.7. The van der Waals surface area contributed by atoms with Crippen molar-refractivity contribution < 1.29 is 17.9 Å². The van der Waals surface area contributed by atoms with E-state index in [2.05, 4.69) is 5.32 Å². The molecule has 0 bridgehead atoms. The smallest absolute Gasteiger partial charge is 0.322 e. The van der Waals surface area contributed by atoms with E-state index in [0.29, 0.717) is 12.2 Å². The molecule has 0 saturated carbocycles. The van der Waals surface area contributed by atoms with E-state index in [4.69, 9.17) is 9.88 Å². The van der Waals surface area contributed by atoms with Gasteiger partial charge in [0.25, 0.3) is 0 Å². The fraction of sp³-hybridized carbons (Fsp3) is 0.278. The standard InChI is InChI=1S/C18H21N3O4S/c1-25-15-8-4-13(5-9-15)17-3-2-12-21(17)18(22)20-14-6-10-16(11-7-14)26(19,23)24/h4-11,17H,2-3,12H2,1H3,(H,20,22)(H2,19,23,24)/t17-/m0/s1. The average Bonchev–Trinajstić information content (AvgIpc) is 3.11. The Morgan fingerprint density at radius 2 is 1.81 bits per heavy atom. The zero-order valence-electron chi connectivity index (χ0n) is 14.4. The van der Waals surface area contributed by atoms with Crippen LogP contribution in [0, 0.1) is 0 Å². The van der Waals surface area contributed by atoms with E-state index in [1.165, 1.54) is 24.3 Å². The summed E-state index contributed by atoms with van der Waals surface area (Å²) in [6, 6.07) is 13.3. The molecule has 1 heterocycles. The fourth-order valence-corrected chi connectivity index (χ4v) is 3.62. The van der Waals surface area contributed by atoms with Gasteiger partial charge in [0.05, 0.1) is 18.0 Å². The predicted molar refractivity (Wildman–Crippen MR) is 98.5 cm³/mol.